The molecule has 1 aromatic carbocycles. The Bertz CT molecular complexity index is 1040. The van der Waals surface area contributed by atoms with Gasteiger partial charge in [0.1, 0.15) is 19.1 Å². The maximum absolute atomic E-state index is 12.9. The molecular weight excluding hydrogens is 451 g/mol. The first-order chi connectivity index (χ1) is 15.0. The summed E-state index contributed by atoms with van der Waals surface area (Å²) in [5.41, 5.74) is 2.78. The minimum atomic E-state index is -1.78. The third-order valence-electron chi connectivity index (χ3n) is 5.09. The fourth-order valence-electron chi connectivity index (χ4n) is 3.16. The normalized spacial score (nSPS) is 17.1. The second-order valence-electron chi connectivity index (χ2n) is 7.34. The number of nitrogens with zero attached hydrogens (tertiary/aromatic N) is 3. The van der Waals surface area contributed by atoms with Gasteiger partial charge in [-0.1, -0.05) is 24.3 Å². The van der Waals surface area contributed by atoms with E-state index in [0.29, 0.717) is 22.5 Å². The molecule has 0 radical (unpaired) electrons. The van der Waals surface area contributed by atoms with E-state index in [-0.39, 0.29) is 66.2 Å². The molecule has 32 heavy (non-hydrogen) atoms. The standard InChI is InChI=1S/C21H22F2N3O4S.Na/c1-14-18(11-31(27)20-25-16-4-2-3-5-17(16)26-20)24-7-6-19(14)28-8-15-9-29-21(12-22,13-23)30-10-15;/h2-7,15H,8-13H2,1H3;/q-1;+1. The predicted octanol–water partition coefficient (Wildman–Crippen LogP) is -0.116. The summed E-state index contributed by atoms with van der Waals surface area (Å²) in [6.45, 7) is 0.280. The van der Waals surface area contributed by atoms with E-state index in [0.717, 1.165) is 5.56 Å². The van der Waals surface area contributed by atoms with E-state index in [1.807, 2.05) is 31.2 Å². The quantitative estimate of drug-likeness (QED) is 0.422. The van der Waals surface area contributed by atoms with Crippen molar-refractivity contribution in [3.05, 3.63) is 47.8 Å². The molecule has 0 spiro atoms. The minimum absolute atomic E-state index is 0. The molecule has 166 valence electrons. The molecule has 1 aliphatic heterocycles. The average Bonchev–Trinajstić information content (AvgIpc) is 3.25. The summed E-state index contributed by atoms with van der Waals surface area (Å²) < 4.78 is 55.0. The molecule has 4 rings (SSSR count). The number of benzene rings is 1. The van der Waals surface area contributed by atoms with Gasteiger partial charge in [-0.05, 0) is 24.0 Å². The molecule has 1 unspecified atom stereocenters. The van der Waals surface area contributed by atoms with Crippen molar-refractivity contribution >= 4 is 21.8 Å². The number of para-hydroxylation sites is 2. The number of imidazole rings is 1. The van der Waals surface area contributed by atoms with Crippen LogP contribution in [-0.4, -0.2) is 53.1 Å². The van der Waals surface area contributed by atoms with Crippen molar-refractivity contribution in [2.45, 2.75) is 23.6 Å². The van der Waals surface area contributed by atoms with Gasteiger partial charge in [0.05, 0.1) is 42.1 Å². The largest absolute Gasteiger partial charge is 1.00 e. The fourth-order valence-corrected chi connectivity index (χ4v) is 4.23. The van der Waals surface area contributed by atoms with E-state index in [9.17, 15) is 13.0 Å². The van der Waals surface area contributed by atoms with Crippen molar-refractivity contribution in [1.29, 1.82) is 0 Å². The molecule has 1 saturated heterocycles. The molecule has 2 aromatic heterocycles. The number of ether oxygens (including phenoxy) is 3. The van der Waals surface area contributed by atoms with Crippen LogP contribution in [-0.2, 0) is 26.0 Å². The summed E-state index contributed by atoms with van der Waals surface area (Å²) in [6, 6.07) is 9.07. The Balaban J connectivity index is 0.00000289. The van der Waals surface area contributed by atoms with Crippen molar-refractivity contribution in [1.82, 2.24) is 15.0 Å². The molecule has 1 fully saturated rings. The van der Waals surface area contributed by atoms with Crippen LogP contribution in [0.25, 0.3) is 11.0 Å². The van der Waals surface area contributed by atoms with Gasteiger partial charge in [0, 0.05) is 22.8 Å². The summed E-state index contributed by atoms with van der Waals surface area (Å²) in [5, 5.41) is 0.273. The Hall–Kier alpha value is -1.43. The molecule has 3 heterocycles. The van der Waals surface area contributed by atoms with E-state index >= 15 is 0 Å². The van der Waals surface area contributed by atoms with E-state index < -0.39 is 29.9 Å². The summed E-state index contributed by atoms with van der Waals surface area (Å²) in [4.78, 5) is 13.0. The van der Waals surface area contributed by atoms with Crippen molar-refractivity contribution in [3.63, 3.8) is 0 Å². The van der Waals surface area contributed by atoms with Crippen LogP contribution in [0.15, 0.2) is 41.7 Å². The van der Waals surface area contributed by atoms with Crippen molar-refractivity contribution in [3.8, 4) is 5.75 Å². The zero-order chi connectivity index (χ0) is 21.8. The number of hydrogen-bond acceptors (Lipinski definition) is 6. The predicted molar refractivity (Wildman–Crippen MR) is 110 cm³/mol. The Morgan fingerprint density at radius 3 is 2.62 bits per heavy atom. The van der Waals surface area contributed by atoms with Gasteiger partial charge in [0.2, 0.25) is 5.79 Å². The second-order valence-corrected chi connectivity index (χ2v) is 8.69. The molecular formula is C21H22F2N3NaO4S. The van der Waals surface area contributed by atoms with Crippen molar-refractivity contribution in [2.75, 3.05) is 33.2 Å². The van der Waals surface area contributed by atoms with Gasteiger partial charge in [0.15, 0.2) is 0 Å². The SMILES string of the molecule is Cc1c(OCC2COC(CF)(CF)OC2)ccnc1CS(=O)c1nc2ccccc2[n-]1.[Na+]. The molecule has 7 nitrogen and oxygen atoms in total. The number of aromatic nitrogens is 3. The zero-order valence-electron chi connectivity index (χ0n) is 17.9. The van der Waals surface area contributed by atoms with Crippen LogP contribution >= 0.6 is 0 Å². The number of halogens is 2. The van der Waals surface area contributed by atoms with Crippen LogP contribution in [0, 0.1) is 12.8 Å². The van der Waals surface area contributed by atoms with Gasteiger partial charge in [-0.2, -0.15) is 0 Å². The van der Waals surface area contributed by atoms with Crippen LogP contribution in [0.2, 0.25) is 0 Å². The van der Waals surface area contributed by atoms with Crippen LogP contribution in [0.3, 0.4) is 0 Å². The smallest absolute Gasteiger partial charge is 0.493 e. The third kappa shape index (κ3) is 5.55. The summed E-state index contributed by atoms with van der Waals surface area (Å²) >= 11 is 0. The maximum atomic E-state index is 12.9. The average molecular weight is 473 g/mol. The number of pyridine rings is 1. The molecule has 1 aliphatic rings. The fraction of sp³-hybridized carbons (Fsp3) is 0.429. The van der Waals surface area contributed by atoms with Gasteiger partial charge < -0.3 is 24.2 Å². The Morgan fingerprint density at radius 2 is 1.94 bits per heavy atom. The number of hydrogen-bond donors (Lipinski definition) is 0. The first-order valence-electron chi connectivity index (χ1n) is 9.78. The van der Waals surface area contributed by atoms with E-state index in [1.54, 1.807) is 12.3 Å². The molecule has 11 heteroatoms. The van der Waals surface area contributed by atoms with E-state index in [2.05, 4.69) is 15.0 Å². The first-order valence-corrected chi connectivity index (χ1v) is 11.1. The Kier molecular flexibility index (Phi) is 8.76. The molecule has 0 N–H and O–H groups in total. The Morgan fingerprint density at radius 1 is 1.22 bits per heavy atom. The zero-order valence-corrected chi connectivity index (χ0v) is 20.7. The maximum Gasteiger partial charge on any atom is 1.00 e. The molecule has 0 amide bonds. The summed E-state index contributed by atoms with van der Waals surface area (Å²) in [5.74, 6) is -1.21. The summed E-state index contributed by atoms with van der Waals surface area (Å²) in [7, 11) is -1.46. The molecule has 0 aliphatic carbocycles. The van der Waals surface area contributed by atoms with Gasteiger partial charge >= 0.3 is 29.6 Å². The van der Waals surface area contributed by atoms with Crippen LogP contribution in [0.5, 0.6) is 5.75 Å². The number of rotatable bonds is 8. The monoisotopic (exact) mass is 473 g/mol. The second kappa shape index (κ2) is 11.1. The number of fused-ring (bicyclic) bond motifs is 1. The van der Waals surface area contributed by atoms with E-state index in [4.69, 9.17) is 14.2 Å². The molecule has 0 bridgehead atoms. The minimum Gasteiger partial charge on any atom is -0.493 e. The summed E-state index contributed by atoms with van der Waals surface area (Å²) in [6.07, 6.45) is 1.59. The molecule has 1 atom stereocenters. The van der Waals surface area contributed by atoms with Gasteiger partial charge in [-0.3, -0.25) is 9.19 Å². The van der Waals surface area contributed by atoms with Crippen molar-refractivity contribution < 1.29 is 56.8 Å². The Labute approximate surface area is 209 Å². The molecule has 0 saturated carbocycles. The topological polar surface area (TPSA) is 84.6 Å². The third-order valence-corrected chi connectivity index (χ3v) is 6.22. The van der Waals surface area contributed by atoms with Gasteiger partial charge in [-0.15, -0.1) is 0 Å². The van der Waals surface area contributed by atoms with Crippen molar-refractivity contribution in [2.24, 2.45) is 5.92 Å². The van der Waals surface area contributed by atoms with Crippen LogP contribution in [0.4, 0.5) is 8.78 Å². The first kappa shape index (κ1) is 25.2. The number of alkyl halides is 2. The van der Waals surface area contributed by atoms with Crippen LogP contribution < -0.4 is 39.3 Å². The van der Waals surface area contributed by atoms with Gasteiger partial charge in [0.25, 0.3) is 0 Å². The van der Waals surface area contributed by atoms with E-state index in [1.165, 1.54) is 0 Å². The van der Waals surface area contributed by atoms with Gasteiger partial charge in [-0.25, -0.2) is 8.78 Å². The van der Waals surface area contributed by atoms with Crippen LogP contribution in [0.1, 0.15) is 11.3 Å². The molecule has 3 aromatic rings.